The minimum absolute atomic E-state index is 0.0231. The van der Waals surface area contributed by atoms with Crippen LogP contribution >= 0.6 is 15.9 Å². The first-order valence-electron chi connectivity index (χ1n) is 6.94. The van der Waals surface area contributed by atoms with Crippen molar-refractivity contribution >= 4 is 27.7 Å². The second-order valence-electron chi connectivity index (χ2n) is 5.03. The number of nitrogens with one attached hydrogen (secondary N) is 2. The fourth-order valence-corrected chi connectivity index (χ4v) is 2.76. The molecule has 0 unspecified atom stereocenters. The van der Waals surface area contributed by atoms with Crippen molar-refractivity contribution in [3.05, 3.63) is 28.5 Å². The zero-order valence-corrected chi connectivity index (χ0v) is 13.5. The number of hydrogen-bond acceptors (Lipinski definition) is 4. The standard InChI is InChI=1S/C14H19BrN4O2/c1-16-12(20)9-19-7-4-10(5-8-19)18-14(21)13-11(15)3-2-6-17-13/h2-3,6,10H,4-5,7-9H2,1H3,(H,16,20)(H,18,21). The number of piperidine rings is 1. The number of pyridine rings is 1. The molecule has 0 atom stereocenters. The fourth-order valence-electron chi connectivity index (χ4n) is 2.32. The molecule has 0 aliphatic carbocycles. The minimum atomic E-state index is -0.160. The van der Waals surface area contributed by atoms with Crippen LogP contribution < -0.4 is 10.6 Å². The summed E-state index contributed by atoms with van der Waals surface area (Å²) in [4.78, 5) is 29.7. The van der Waals surface area contributed by atoms with E-state index < -0.39 is 0 Å². The van der Waals surface area contributed by atoms with Gasteiger partial charge in [0, 0.05) is 36.8 Å². The number of likely N-dealkylation sites (tertiary alicyclic amines) is 1. The molecule has 1 fully saturated rings. The highest BCUT2D eigenvalue weighted by molar-refractivity contribution is 9.10. The summed E-state index contributed by atoms with van der Waals surface area (Å²) in [5.41, 5.74) is 0.408. The predicted octanol–water partition coefficient (Wildman–Crippen LogP) is 0.784. The van der Waals surface area contributed by atoms with E-state index in [4.69, 9.17) is 0 Å². The van der Waals surface area contributed by atoms with Gasteiger partial charge in [-0.3, -0.25) is 14.5 Å². The molecule has 1 aromatic heterocycles. The SMILES string of the molecule is CNC(=O)CN1CCC(NC(=O)c2ncccc2Br)CC1. The summed E-state index contributed by atoms with van der Waals surface area (Å²) in [5.74, 6) is -0.137. The van der Waals surface area contributed by atoms with E-state index in [1.165, 1.54) is 0 Å². The van der Waals surface area contributed by atoms with Crippen molar-refractivity contribution in [2.75, 3.05) is 26.7 Å². The second-order valence-corrected chi connectivity index (χ2v) is 5.89. The van der Waals surface area contributed by atoms with Crippen molar-refractivity contribution in [2.45, 2.75) is 18.9 Å². The number of amides is 2. The normalized spacial score (nSPS) is 16.5. The van der Waals surface area contributed by atoms with Crippen LogP contribution in [0.15, 0.2) is 22.8 Å². The van der Waals surface area contributed by atoms with Gasteiger partial charge < -0.3 is 10.6 Å². The third-order valence-corrected chi connectivity index (χ3v) is 4.18. The summed E-state index contributed by atoms with van der Waals surface area (Å²) >= 11 is 3.33. The molecule has 0 radical (unpaired) electrons. The number of rotatable bonds is 4. The molecule has 0 saturated carbocycles. The highest BCUT2D eigenvalue weighted by Gasteiger charge is 2.23. The van der Waals surface area contributed by atoms with Crippen molar-refractivity contribution in [3.63, 3.8) is 0 Å². The summed E-state index contributed by atoms with van der Waals surface area (Å²) in [6.07, 6.45) is 3.28. The quantitative estimate of drug-likeness (QED) is 0.837. The lowest BCUT2D eigenvalue weighted by Crippen LogP contribution is -2.47. The number of carbonyl (C=O) groups is 2. The smallest absolute Gasteiger partial charge is 0.271 e. The Morgan fingerprint density at radius 1 is 1.43 bits per heavy atom. The van der Waals surface area contributed by atoms with Gasteiger partial charge in [0.25, 0.3) is 5.91 Å². The largest absolute Gasteiger partial charge is 0.358 e. The first-order valence-corrected chi connectivity index (χ1v) is 7.73. The molecule has 0 bridgehead atoms. The maximum Gasteiger partial charge on any atom is 0.271 e. The molecule has 2 rings (SSSR count). The molecule has 2 amide bonds. The molecule has 1 aromatic rings. The Balaban J connectivity index is 1.82. The van der Waals surface area contributed by atoms with Gasteiger partial charge in [0.05, 0.1) is 6.54 Å². The van der Waals surface area contributed by atoms with Crippen molar-refractivity contribution in [3.8, 4) is 0 Å². The van der Waals surface area contributed by atoms with Gasteiger partial charge in [-0.15, -0.1) is 0 Å². The van der Waals surface area contributed by atoms with Gasteiger partial charge >= 0.3 is 0 Å². The van der Waals surface area contributed by atoms with Crippen LogP contribution in [0.1, 0.15) is 23.3 Å². The number of aromatic nitrogens is 1. The third kappa shape index (κ3) is 4.50. The highest BCUT2D eigenvalue weighted by Crippen LogP contribution is 2.15. The first-order chi connectivity index (χ1) is 10.1. The second kappa shape index (κ2) is 7.51. The Bertz CT molecular complexity index is 515. The van der Waals surface area contributed by atoms with Crippen LogP contribution in [0.3, 0.4) is 0 Å². The number of nitrogens with zero attached hydrogens (tertiary/aromatic N) is 2. The van der Waals surface area contributed by atoms with Crippen LogP contribution in [0.4, 0.5) is 0 Å². The van der Waals surface area contributed by atoms with Gasteiger partial charge in [0.2, 0.25) is 5.91 Å². The van der Waals surface area contributed by atoms with Crippen molar-refractivity contribution in [1.29, 1.82) is 0 Å². The number of halogens is 1. The molecule has 1 saturated heterocycles. The van der Waals surface area contributed by atoms with Crippen LogP contribution in [-0.4, -0.2) is 54.4 Å². The number of likely N-dealkylation sites (N-methyl/N-ethyl adjacent to an activating group) is 1. The Morgan fingerprint density at radius 3 is 2.76 bits per heavy atom. The van der Waals surface area contributed by atoms with E-state index in [9.17, 15) is 9.59 Å². The summed E-state index contributed by atoms with van der Waals surface area (Å²) in [6.45, 7) is 2.03. The van der Waals surface area contributed by atoms with E-state index in [1.807, 2.05) is 0 Å². The molecule has 7 heteroatoms. The van der Waals surface area contributed by atoms with E-state index in [1.54, 1.807) is 25.4 Å². The maximum absolute atomic E-state index is 12.2. The van der Waals surface area contributed by atoms with Gasteiger partial charge in [-0.2, -0.15) is 0 Å². The van der Waals surface area contributed by atoms with Crippen molar-refractivity contribution in [1.82, 2.24) is 20.5 Å². The highest BCUT2D eigenvalue weighted by atomic mass is 79.9. The van der Waals surface area contributed by atoms with E-state index >= 15 is 0 Å². The molecule has 21 heavy (non-hydrogen) atoms. The zero-order chi connectivity index (χ0) is 15.2. The zero-order valence-electron chi connectivity index (χ0n) is 11.9. The summed E-state index contributed by atoms with van der Waals surface area (Å²) in [6, 6.07) is 3.71. The molecule has 2 heterocycles. The average Bonchev–Trinajstić information content (AvgIpc) is 2.49. The summed E-state index contributed by atoms with van der Waals surface area (Å²) < 4.78 is 0.694. The molecule has 2 N–H and O–H groups in total. The van der Waals surface area contributed by atoms with Gasteiger partial charge in [-0.25, -0.2) is 4.98 Å². The molecule has 0 aromatic carbocycles. The molecule has 114 valence electrons. The molecular weight excluding hydrogens is 336 g/mol. The molecule has 1 aliphatic heterocycles. The Morgan fingerprint density at radius 2 is 2.14 bits per heavy atom. The van der Waals surface area contributed by atoms with Crippen LogP contribution in [0.5, 0.6) is 0 Å². The first kappa shape index (κ1) is 15.9. The number of hydrogen-bond donors (Lipinski definition) is 2. The lowest BCUT2D eigenvalue weighted by Gasteiger charge is -2.31. The topological polar surface area (TPSA) is 74.3 Å². The summed E-state index contributed by atoms with van der Waals surface area (Å²) in [7, 11) is 1.64. The van der Waals surface area contributed by atoms with Crippen molar-refractivity contribution < 1.29 is 9.59 Å². The molecule has 0 spiro atoms. The Hall–Kier alpha value is -1.47. The van der Waals surface area contributed by atoms with Crippen molar-refractivity contribution in [2.24, 2.45) is 0 Å². The average molecular weight is 355 g/mol. The Labute approximate surface area is 132 Å². The van der Waals surface area contributed by atoms with Crippen LogP contribution in [-0.2, 0) is 4.79 Å². The van der Waals surface area contributed by atoms with Gasteiger partial charge in [-0.1, -0.05) is 0 Å². The Kier molecular flexibility index (Phi) is 5.69. The molecular formula is C14H19BrN4O2. The van der Waals surface area contributed by atoms with E-state index in [0.29, 0.717) is 16.7 Å². The lowest BCUT2D eigenvalue weighted by molar-refractivity contribution is -0.122. The van der Waals surface area contributed by atoms with E-state index in [-0.39, 0.29) is 17.9 Å². The third-order valence-electron chi connectivity index (χ3n) is 3.54. The van der Waals surface area contributed by atoms with Crippen LogP contribution in [0.2, 0.25) is 0 Å². The summed E-state index contributed by atoms with van der Waals surface area (Å²) in [5, 5.41) is 5.62. The monoisotopic (exact) mass is 354 g/mol. The van der Waals surface area contributed by atoms with Crippen LogP contribution in [0.25, 0.3) is 0 Å². The fraction of sp³-hybridized carbons (Fsp3) is 0.500. The van der Waals surface area contributed by atoms with Gasteiger partial charge in [0.1, 0.15) is 5.69 Å². The number of carbonyl (C=O) groups excluding carboxylic acids is 2. The van der Waals surface area contributed by atoms with E-state index in [2.05, 4.69) is 36.4 Å². The minimum Gasteiger partial charge on any atom is -0.358 e. The predicted molar refractivity (Wildman–Crippen MR) is 82.9 cm³/mol. The van der Waals surface area contributed by atoms with Crippen LogP contribution in [0, 0.1) is 0 Å². The van der Waals surface area contributed by atoms with E-state index in [0.717, 1.165) is 25.9 Å². The maximum atomic E-state index is 12.2. The molecule has 6 nitrogen and oxygen atoms in total. The van der Waals surface area contributed by atoms with Gasteiger partial charge in [0.15, 0.2) is 0 Å². The lowest BCUT2D eigenvalue weighted by atomic mass is 10.0. The van der Waals surface area contributed by atoms with Gasteiger partial charge in [-0.05, 0) is 40.9 Å². The molecule has 1 aliphatic rings.